The van der Waals surface area contributed by atoms with Crippen LogP contribution in [0.3, 0.4) is 0 Å². The predicted molar refractivity (Wildman–Crippen MR) is 93.9 cm³/mol. The number of nitrogens with zero attached hydrogens (tertiary/aromatic N) is 3. The number of hydrogen-bond donors (Lipinski definition) is 0. The summed E-state index contributed by atoms with van der Waals surface area (Å²) in [7, 11) is 0. The number of benzene rings is 1. The quantitative estimate of drug-likeness (QED) is 0.851. The number of piperazine rings is 1. The fourth-order valence-corrected chi connectivity index (χ4v) is 3.59. The van der Waals surface area contributed by atoms with Crippen LogP contribution in [0.15, 0.2) is 29.6 Å². The molecule has 0 unspecified atom stereocenters. The van der Waals surface area contributed by atoms with Crippen LogP contribution in [0.25, 0.3) is 0 Å². The zero-order chi connectivity index (χ0) is 16.2. The van der Waals surface area contributed by atoms with Crippen LogP contribution >= 0.6 is 22.9 Å². The maximum Gasteiger partial charge on any atom is 0.227 e. The van der Waals surface area contributed by atoms with Gasteiger partial charge in [-0.2, -0.15) is 0 Å². The fourth-order valence-electron chi connectivity index (χ4n) is 2.78. The van der Waals surface area contributed by atoms with E-state index in [1.165, 1.54) is 0 Å². The first kappa shape index (κ1) is 16.4. The predicted octanol–water partition coefficient (Wildman–Crippen LogP) is 2.99. The van der Waals surface area contributed by atoms with E-state index in [0.29, 0.717) is 11.4 Å². The molecule has 1 aromatic heterocycles. The molecule has 0 radical (unpaired) electrons. The minimum Gasteiger partial charge on any atom is -0.340 e. The molecule has 122 valence electrons. The molecular formula is C17H20ClN3OS. The van der Waals surface area contributed by atoms with Gasteiger partial charge in [0.05, 0.1) is 17.1 Å². The molecule has 0 saturated carbocycles. The maximum atomic E-state index is 12.4. The molecule has 1 saturated heterocycles. The molecule has 6 heteroatoms. The summed E-state index contributed by atoms with van der Waals surface area (Å²) in [6.07, 6.45) is 0.380. The Kier molecular flexibility index (Phi) is 5.30. The van der Waals surface area contributed by atoms with Crippen molar-refractivity contribution in [3.63, 3.8) is 0 Å². The summed E-state index contributed by atoms with van der Waals surface area (Å²) in [5.41, 5.74) is 2.03. The highest BCUT2D eigenvalue weighted by molar-refractivity contribution is 7.09. The Labute approximate surface area is 145 Å². The van der Waals surface area contributed by atoms with Crippen LogP contribution in [-0.2, 0) is 17.8 Å². The standard InChI is InChI=1S/C17H20ClN3OS/c1-13-19-15(12-23-13)11-20-6-8-21(9-7-20)17(22)10-14-4-2-3-5-16(14)18/h2-5,12H,6-11H2,1H3. The number of rotatable bonds is 4. The van der Waals surface area contributed by atoms with Gasteiger partial charge in [0, 0.05) is 43.1 Å². The first-order valence-corrected chi connectivity index (χ1v) is 9.02. The number of aryl methyl sites for hydroxylation is 1. The third kappa shape index (κ3) is 4.31. The lowest BCUT2D eigenvalue weighted by molar-refractivity contribution is -0.132. The summed E-state index contributed by atoms with van der Waals surface area (Å²) < 4.78 is 0. The molecule has 0 atom stereocenters. The molecule has 1 fully saturated rings. The third-order valence-corrected chi connectivity index (χ3v) is 5.27. The van der Waals surface area contributed by atoms with Crippen molar-refractivity contribution >= 4 is 28.8 Å². The van der Waals surface area contributed by atoms with Crippen LogP contribution in [0.2, 0.25) is 5.02 Å². The Morgan fingerprint density at radius 3 is 2.65 bits per heavy atom. The van der Waals surface area contributed by atoms with Crippen molar-refractivity contribution in [2.75, 3.05) is 26.2 Å². The Morgan fingerprint density at radius 2 is 2.00 bits per heavy atom. The molecule has 0 aliphatic carbocycles. The second-order valence-corrected chi connectivity index (χ2v) is 7.25. The highest BCUT2D eigenvalue weighted by Gasteiger charge is 2.22. The lowest BCUT2D eigenvalue weighted by atomic mass is 10.1. The number of thiazole rings is 1. The largest absolute Gasteiger partial charge is 0.340 e. The first-order chi connectivity index (χ1) is 11.1. The Hall–Kier alpha value is -1.43. The van der Waals surface area contributed by atoms with Gasteiger partial charge in [-0.15, -0.1) is 11.3 Å². The van der Waals surface area contributed by atoms with Gasteiger partial charge in [-0.05, 0) is 18.6 Å². The number of hydrogen-bond acceptors (Lipinski definition) is 4. The van der Waals surface area contributed by atoms with Gasteiger partial charge in [0.25, 0.3) is 0 Å². The summed E-state index contributed by atoms with van der Waals surface area (Å²) in [4.78, 5) is 21.2. The molecule has 1 aromatic carbocycles. The van der Waals surface area contributed by atoms with E-state index in [2.05, 4.69) is 15.3 Å². The van der Waals surface area contributed by atoms with E-state index in [-0.39, 0.29) is 5.91 Å². The van der Waals surface area contributed by atoms with E-state index < -0.39 is 0 Å². The van der Waals surface area contributed by atoms with Crippen molar-refractivity contribution in [2.24, 2.45) is 0 Å². The Morgan fingerprint density at radius 1 is 1.26 bits per heavy atom. The van der Waals surface area contributed by atoms with Crippen LogP contribution < -0.4 is 0 Å². The summed E-state index contributed by atoms with van der Waals surface area (Å²) in [6, 6.07) is 7.55. The molecular weight excluding hydrogens is 330 g/mol. The van der Waals surface area contributed by atoms with Gasteiger partial charge in [0.2, 0.25) is 5.91 Å². The van der Waals surface area contributed by atoms with E-state index in [0.717, 1.165) is 49.0 Å². The molecule has 2 aromatic rings. The van der Waals surface area contributed by atoms with E-state index in [1.807, 2.05) is 36.1 Å². The van der Waals surface area contributed by atoms with Gasteiger partial charge < -0.3 is 4.90 Å². The number of amides is 1. The molecule has 2 heterocycles. The van der Waals surface area contributed by atoms with Crippen LogP contribution in [0.4, 0.5) is 0 Å². The van der Waals surface area contributed by atoms with Crippen molar-refractivity contribution in [1.29, 1.82) is 0 Å². The summed E-state index contributed by atoms with van der Waals surface area (Å²) in [5, 5.41) is 3.89. The van der Waals surface area contributed by atoms with Gasteiger partial charge in [-0.1, -0.05) is 29.8 Å². The monoisotopic (exact) mass is 349 g/mol. The van der Waals surface area contributed by atoms with Gasteiger partial charge in [0.1, 0.15) is 0 Å². The zero-order valence-corrected chi connectivity index (χ0v) is 14.7. The molecule has 1 aliphatic rings. The maximum absolute atomic E-state index is 12.4. The van der Waals surface area contributed by atoms with Crippen LogP contribution in [-0.4, -0.2) is 46.9 Å². The molecule has 3 rings (SSSR count). The Bertz CT molecular complexity index is 680. The molecule has 0 spiro atoms. The van der Waals surface area contributed by atoms with E-state index in [9.17, 15) is 4.79 Å². The van der Waals surface area contributed by atoms with Crippen LogP contribution in [0.1, 0.15) is 16.3 Å². The highest BCUT2D eigenvalue weighted by Crippen LogP contribution is 2.17. The van der Waals surface area contributed by atoms with Crippen LogP contribution in [0.5, 0.6) is 0 Å². The van der Waals surface area contributed by atoms with Crippen molar-refractivity contribution in [2.45, 2.75) is 19.9 Å². The van der Waals surface area contributed by atoms with Crippen molar-refractivity contribution < 1.29 is 4.79 Å². The number of aromatic nitrogens is 1. The Balaban J connectivity index is 1.50. The second kappa shape index (κ2) is 7.43. The van der Waals surface area contributed by atoms with Crippen molar-refractivity contribution in [3.8, 4) is 0 Å². The van der Waals surface area contributed by atoms with E-state index in [1.54, 1.807) is 11.3 Å². The van der Waals surface area contributed by atoms with Crippen molar-refractivity contribution in [1.82, 2.24) is 14.8 Å². The van der Waals surface area contributed by atoms with Gasteiger partial charge >= 0.3 is 0 Å². The van der Waals surface area contributed by atoms with Gasteiger partial charge in [0.15, 0.2) is 0 Å². The normalized spacial score (nSPS) is 15.8. The molecule has 23 heavy (non-hydrogen) atoms. The SMILES string of the molecule is Cc1nc(CN2CCN(C(=O)Cc3ccccc3Cl)CC2)cs1. The molecule has 0 N–H and O–H groups in total. The van der Waals surface area contributed by atoms with Crippen molar-refractivity contribution in [3.05, 3.63) is 50.9 Å². The van der Waals surface area contributed by atoms with Gasteiger partial charge in [-0.25, -0.2) is 4.98 Å². The summed E-state index contributed by atoms with van der Waals surface area (Å²) in [6.45, 7) is 6.23. The highest BCUT2D eigenvalue weighted by atomic mass is 35.5. The number of carbonyl (C=O) groups is 1. The molecule has 1 amide bonds. The zero-order valence-electron chi connectivity index (χ0n) is 13.2. The number of carbonyl (C=O) groups excluding carboxylic acids is 1. The molecule has 0 bridgehead atoms. The minimum absolute atomic E-state index is 0.155. The number of halogens is 1. The summed E-state index contributed by atoms with van der Waals surface area (Å²) >= 11 is 7.82. The molecule has 4 nitrogen and oxygen atoms in total. The van der Waals surface area contributed by atoms with Crippen LogP contribution in [0, 0.1) is 6.92 Å². The van der Waals surface area contributed by atoms with E-state index >= 15 is 0 Å². The smallest absolute Gasteiger partial charge is 0.227 e. The van der Waals surface area contributed by atoms with E-state index in [4.69, 9.17) is 11.6 Å². The molecule has 1 aliphatic heterocycles. The average molecular weight is 350 g/mol. The lowest BCUT2D eigenvalue weighted by Crippen LogP contribution is -2.48. The second-order valence-electron chi connectivity index (χ2n) is 5.78. The lowest BCUT2D eigenvalue weighted by Gasteiger charge is -2.34. The fraction of sp³-hybridized carbons (Fsp3) is 0.412. The summed E-state index contributed by atoms with van der Waals surface area (Å²) in [5.74, 6) is 0.155. The average Bonchev–Trinajstić information content (AvgIpc) is 2.95. The minimum atomic E-state index is 0.155. The first-order valence-electron chi connectivity index (χ1n) is 7.76. The van der Waals surface area contributed by atoms with Gasteiger partial charge in [-0.3, -0.25) is 9.69 Å². The topological polar surface area (TPSA) is 36.4 Å². The third-order valence-electron chi connectivity index (χ3n) is 4.08.